The summed E-state index contributed by atoms with van der Waals surface area (Å²) in [6, 6.07) is 12.5. The molecule has 4 nitrogen and oxygen atoms in total. The highest BCUT2D eigenvalue weighted by Gasteiger charge is 2.46. The van der Waals surface area contributed by atoms with Gasteiger partial charge in [0.25, 0.3) is 0 Å². The van der Waals surface area contributed by atoms with Crippen molar-refractivity contribution in [3.8, 4) is 0 Å². The van der Waals surface area contributed by atoms with Gasteiger partial charge in [0.1, 0.15) is 17.7 Å². The average Bonchev–Trinajstić information content (AvgIpc) is 3.44. The van der Waals surface area contributed by atoms with E-state index in [1.165, 1.54) is 17.7 Å². The van der Waals surface area contributed by atoms with Crippen molar-refractivity contribution in [3.63, 3.8) is 0 Å². The summed E-state index contributed by atoms with van der Waals surface area (Å²) in [6.07, 6.45) is 3.53. The molecule has 2 unspecified atom stereocenters. The van der Waals surface area contributed by atoms with Gasteiger partial charge in [-0.2, -0.15) is 0 Å². The van der Waals surface area contributed by atoms with Crippen LogP contribution in [0, 0.1) is 17.6 Å². The molecular formula is C27H26F2N2O2. The molecule has 0 amide bonds. The number of fused-ring (bicyclic) bond motifs is 1. The van der Waals surface area contributed by atoms with Gasteiger partial charge in [-0.25, -0.2) is 13.6 Å². The van der Waals surface area contributed by atoms with Crippen LogP contribution in [0.15, 0.2) is 54.7 Å². The molecule has 5 rings (SSSR count). The number of halogens is 2. The largest absolute Gasteiger partial charge is 0.480 e. The quantitative estimate of drug-likeness (QED) is 0.529. The van der Waals surface area contributed by atoms with Crippen LogP contribution in [-0.2, 0) is 17.8 Å². The second kappa shape index (κ2) is 8.25. The van der Waals surface area contributed by atoms with E-state index in [1.54, 1.807) is 11.1 Å². The molecule has 3 aromatic rings. The number of pyridine rings is 1. The van der Waals surface area contributed by atoms with E-state index < -0.39 is 29.6 Å². The summed E-state index contributed by atoms with van der Waals surface area (Å²) in [5, 5.41) is 10.4. The van der Waals surface area contributed by atoms with Crippen molar-refractivity contribution >= 4 is 11.7 Å². The Balaban J connectivity index is 1.66. The number of carboxylic acid groups (broad SMARTS) is 1. The summed E-state index contributed by atoms with van der Waals surface area (Å²) < 4.78 is 28.0. The monoisotopic (exact) mass is 448 g/mol. The summed E-state index contributed by atoms with van der Waals surface area (Å²) in [5.41, 5.74) is 4.93. The maximum Gasteiger partial charge on any atom is 0.327 e. The van der Waals surface area contributed by atoms with Crippen LogP contribution in [0.1, 0.15) is 60.1 Å². The minimum atomic E-state index is -0.981. The van der Waals surface area contributed by atoms with Gasteiger partial charge in [0.15, 0.2) is 0 Å². The second-order valence-corrected chi connectivity index (χ2v) is 9.15. The lowest BCUT2D eigenvalue weighted by Crippen LogP contribution is -2.41. The summed E-state index contributed by atoms with van der Waals surface area (Å²) in [4.78, 5) is 18.9. The standard InChI is InChI=1S/C27H26F2N2O2/c1-3-23-19(5-4-10-30-23)25-21-12-16(20-11-15(20)2)7-9-24(21)31(26(25)27(32)33)14-17-6-8-18(28)13-22(17)29/h4-10,12-13,15,20,25-26H,3,11,14H2,1-2H3,(H,32,33)/t15-,20+,25?,26?/m1/s1. The number of aromatic nitrogens is 1. The molecule has 1 aliphatic carbocycles. The molecule has 0 saturated heterocycles. The number of nitrogens with zero attached hydrogens (tertiary/aromatic N) is 2. The number of carboxylic acids is 1. The molecule has 6 heteroatoms. The highest BCUT2D eigenvalue weighted by atomic mass is 19.1. The number of anilines is 1. The molecule has 1 aromatic heterocycles. The van der Waals surface area contributed by atoms with Gasteiger partial charge in [-0.3, -0.25) is 4.98 Å². The molecule has 170 valence electrons. The van der Waals surface area contributed by atoms with Gasteiger partial charge >= 0.3 is 5.97 Å². The zero-order valence-electron chi connectivity index (χ0n) is 18.6. The molecular weight excluding hydrogens is 422 g/mol. The predicted octanol–water partition coefficient (Wildman–Crippen LogP) is 5.65. The summed E-state index contributed by atoms with van der Waals surface area (Å²) in [5.74, 6) is -1.64. The van der Waals surface area contributed by atoms with Crippen LogP contribution in [0.3, 0.4) is 0 Å². The van der Waals surface area contributed by atoms with Crippen LogP contribution in [0.2, 0.25) is 0 Å². The maximum absolute atomic E-state index is 14.5. The first-order valence-electron chi connectivity index (χ1n) is 11.4. The number of rotatable bonds is 6. The molecule has 0 spiro atoms. The van der Waals surface area contributed by atoms with Crippen molar-refractivity contribution in [1.29, 1.82) is 0 Å². The van der Waals surface area contributed by atoms with Crippen molar-refractivity contribution in [3.05, 3.63) is 94.3 Å². The zero-order chi connectivity index (χ0) is 23.3. The fraction of sp³-hybridized carbons (Fsp3) is 0.333. The number of benzene rings is 2. The van der Waals surface area contributed by atoms with Gasteiger partial charge in [0.05, 0.1) is 0 Å². The minimum Gasteiger partial charge on any atom is -0.480 e. The predicted molar refractivity (Wildman–Crippen MR) is 122 cm³/mol. The van der Waals surface area contributed by atoms with Gasteiger partial charge in [0.2, 0.25) is 0 Å². The molecule has 4 atom stereocenters. The fourth-order valence-electron chi connectivity index (χ4n) is 5.26. The van der Waals surface area contributed by atoms with Crippen molar-refractivity contribution < 1.29 is 18.7 Å². The molecule has 1 aliphatic heterocycles. The normalized spacial score (nSPS) is 23.5. The smallest absolute Gasteiger partial charge is 0.327 e. The van der Waals surface area contributed by atoms with E-state index in [4.69, 9.17) is 0 Å². The Morgan fingerprint density at radius 2 is 1.94 bits per heavy atom. The third kappa shape index (κ3) is 3.77. The number of hydrogen-bond donors (Lipinski definition) is 1. The Bertz CT molecular complexity index is 1230. The third-order valence-corrected chi connectivity index (χ3v) is 7.09. The second-order valence-electron chi connectivity index (χ2n) is 9.15. The van der Waals surface area contributed by atoms with Gasteiger partial charge in [-0.1, -0.05) is 38.1 Å². The Morgan fingerprint density at radius 3 is 2.61 bits per heavy atom. The van der Waals surface area contributed by atoms with E-state index >= 15 is 0 Å². The van der Waals surface area contributed by atoms with Gasteiger partial charge in [0, 0.05) is 41.7 Å². The first-order chi connectivity index (χ1) is 15.9. The van der Waals surface area contributed by atoms with Crippen molar-refractivity contribution in [2.75, 3.05) is 4.90 Å². The molecule has 2 aromatic carbocycles. The summed E-state index contributed by atoms with van der Waals surface area (Å²) in [6.45, 7) is 4.26. The SMILES string of the molecule is CCc1ncccc1C1c2cc([C@H]3C[C@H]3C)ccc2N(Cc2ccc(F)cc2F)C1C(=O)O. The third-order valence-electron chi connectivity index (χ3n) is 7.09. The lowest BCUT2D eigenvalue weighted by Gasteiger charge is -2.28. The van der Waals surface area contributed by atoms with E-state index in [1.807, 2.05) is 25.1 Å². The van der Waals surface area contributed by atoms with Gasteiger partial charge in [-0.05, 0) is 59.6 Å². The molecule has 1 N–H and O–H groups in total. The van der Waals surface area contributed by atoms with Crippen LogP contribution >= 0.6 is 0 Å². The molecule has 1 fully saturated rings. The molecule has 0 radical (unpaired) electrons. The minimum absolute atomic E-state index is 0.0352. The Kier molecular flexibility index (Phi) is 5.39. The zero-order valence-corrected chi connectivity index (χ0v) is 18.6. The van der Waals surface area contributed by atoms with Crippen LogP contribution in [0.5, 0.6) is 0 Å². The number of hydrogen-bond acceptors (Lipinski definition) is 3. The van der Waals surface area contributed by atoms with Crippen molar-refractivity contribution in [2.45, 2.75) is 51.1 Å². The van der Waals surface area contributed by atoms with Gasteiger partial charge < -0.3 is 10.0 Å². The van der Waals surface area contributed by atoms with Crippen molar-refractivity contribution in [1.82, 2.24) is 4.98 Å². The van der Waals surface area contributed by atoms with E-state index in [0.717, 1.165) is 35.0 Å². The fourth-order valence-corrected chi connectivity index (χ4v) is 5.26. The Hall–Kier alpha value is -3.28. The first-order valence-corrected chi connectivity index (χ1v) is 11.4. The van der Waals surface area contributed by atoms with Crippen LogP contribution in [-0.4, -0.2) is 22.1 Å². The topological polar surface area (TPSA) is 53.4 Å². The Labute approximate surface area is 191 Å². The van der Waals surface area contributed by atoms with Crippen LogP contribution in [0.4, 0.5) is 14.5 Å². The molecule has 2 heterocycles. The number of carbonyl (C=O) groups is 1. The van der Waals surface area contributed by atoms with Crippen LogP contribution < -0.4 is 4.90 Å². The number of aliphatic carboxylic acids is 1. The lowest BCUT2D eigenvalue weighted by atomic mass is 9.85. The van der Waals surface area contributed by atoms with Crippen molar-refractivity contribution in [2.24, 2.45) is 5.92 Å². The van der Waals surface area contributed by atoms with E-state index in [-0.39, 0.29) is 12.1 Å². The molecule has 0 bridgehead atoms. The van der Waals surface area contributed by atoms with E-state index in [0.29, 0.717) is 18.3 Å². The molecule has 1 saturated carbocycles. The Morgan fingerprint density at radius 1 is 1.15 bits per heavy atom. The number of aryl methyl sites for hydroxylation is 1. The first kappa shape index (κ1) is 21.6. The highest BCUT2D eigenvalue weighted by molar-refractivity contribution is 5.85. The van der Waals surface area contributed by atoms with E-state index in [9.17, 15) is 18.7 Å². The molecule has 2 aliphatic rings. The van der Waals surface area contributed by atoms with Crippen LogP contribution in [0.25, 0.3) is 0 Å². The summed E-state index contributed by atoms with van der Waals surface area (Å²) >= 11 is 0. The van der Waals surface area contributed by atoms with E-state index in [2.05, 4.69) is 24.0 Å². The molecule has 33 heavy (non-hydrogen) atoms. The maximum atomic E-state index is 14.5. The summed E-state index contributed by atoms with van der Waals surface area (Å²) in [7, 11) is 0. The van der Waals surface area contributed by atoms with Gasteiger partial charge in [-0.15, -0.1) is 0 Å². The lowest BCUT2D eigenvalue weighted by molar-refractivity contribution is -0.138. The average molecular weight is 449 g/mol. The highest BCUT2D eigenvalue weighted by Crippen LogP contribution is 2.51.